The second-order valence-corrected chi connectivity index (χ2v) is 6.46. The highest BCUT2D eigenvalue weighted by Crippen LogP contribution is 2.20. The van der Waals surface area contributed by atoms with E-state index < -0.39 is 5.97 Å². The number of hydrogen-bond acceptors (Lipinski definition) is 4. The minimum Gasteiger partial charge on any atom is -0.478 e. The van der Waals surface area contributed by atoms with E-state index in [0.717, 1.165) is 15.9 Å². The summed E-state index contributed by atoms with van der Waals surface area (Å²) in [6, 6.07) is 4.67. The number of amides is 1. The van der Waals surface area contributed by atoms with Crippen LogP contribution in [0, 0.1) is 3.57 Å². The van der Waals surface area contributed by atoms with Gasteiger partial charge in [-0.25, -0.2) is 4.79 Å². The number of nitrogens with one attached hydrogen (secondary N) is 2. The van der Waals surface area contributed by atoms with E-state index in [1.165, 1.54) is 0 Å². The van der Waals surface area contributed by atoms with Crippen molar-refractivity contribution in [1.29, 1.82) is 0 Å². The van der Waals surface area contributed by atoms with Crippen LogP contribution < -0.4 is 10.6 Å². The molecule has 0 radical (unpaired) electrons. The Morgan fingerprint density at radius 2 is 2.26 bits per heavy atom. The van der Waals surface area contributed by atoms with E-state index in [2.05, 4.69) is 10.6 Å². The molecule has 0 aliphatic carbocycles. The normalized spacial score (nSPS) is 18.9. The summed E-state index contributed by atoms with van der Waals surface area (Å²) in [6.07, 6.45) is 0. The van der Waals surface area contributed by atoms with Crippen molar-refractivity contribution in [1.82, 2.24) is 5.32 Å². The summed E-state index contributed by atoms with van der Waals surface area (Å²) >= 11 is 3.75. The molecule has 3 N–H and O–H groups in total. The smallest absolute Gasteiger partial charge is 0.337 e. The molecule has 1 aliphatic heterocycles. The topological polar surface area (TPSA) is 78.4 Å². The molecule has 1 atom stereocenters. The van der Waals surface area contributed by atoms with E-state index in [9.17, 15) is 9.59 Å². The lowest BCUT2D eigenvalue weighted by atomic mass is 10.1. The van der Waals surface area contributed by atoms with Crippen molar-refractivity contribution in [2.45, 2.75) is 6.04 Å². The molecule has 1 unspecified atom stereocenters. The molecule has 102 valence electrons. The van der Waals surface area contributed by atoms with Crippen LogP contribution in [-0.4, -0.2) is 41.1 Å². The molecule has 1 saturated heterocycles. The Bertz CT molecular complexity index is 504. The van der Waals surface area contributed by atoms with Gasteiger partial charge in [0.05, 0.1) is 17.3 Å². The highest BCUT2D eigenvalue weighted by Gasteiger charge is 2.22. The maximum Gasteiger partial charge on any atom is 0.337 e. The standard InChI is InChI=1S/C12H13IN2O3S/c13-7-1-2-9(8(5-7)12(17)18)15-11(16)10-6-19-4-3-14-10/h1-2,5,10,14H,3-4,6H2,(H,15,16)(H,17,18). The fourth-order valence-corrected chi connectivity index (χ4v) is 3.18. The fourth-order valence-electron chi connectivity index (χ4n) is 1.76. The van der Waals surface area contributed by atoms with E-state index in [4.69, 9.17) is 5.11 Å². The van der Waals surface area contributed by atoms with Crippen molar-refractivity contribution in [3.8, 4) is 0 Å². The Kier molecular flexibility index (Phi) is 5.06. The molecule has 5 nitrogen and oxygen atoms in total. The van der Waals surface area contributed by atoms with Crippen LogP contribution in [0.25, 0.3) is 0 Å². The molecule has 1 aliphatic rings. The summed E-state index contributed by atoms with van der Waals surface area (Å²) in [5.41, 5.74) is 0.457. The van der Waals surface area contributed by atoms with Crippen LogP contribution in [0.1, 0.15) is 10.4 Å². The van der Waals surface area contributed by atoms with Gasteiger partial charge in [-0.15, -0.1) is 0 Å². The minimum absolute atomic E-state index is 0.115. The third-order valence-electron chi connectivity index (χ3n) is 2.71. The lowest BCUT2D eigenvalue weighted by Crippen LogP contribution is -2.46. The van der Waals surface area contributed by atoms with Crippen molar-refractivity contribution in [2.24, 2.45) is 0 Å². The maximum absolute atomic E-state index is 12.0. The van der Waals surface area contributed by atoms with Gasteiger partial charge in [-0.2, -0.15) is 11.8 Å². The minimum atomic E-state index is -1.04. The van der Waals surface area contributed by atoms with Crippen LogP contribution in [0.3, 0.4) is 0 Å². The zero-order valence-corrected chi connectivity index (χ0v) is 13.0. The highest BCUT2D eigenvalue weighted by atomic mass is 127. The molecule has 0 bridgehead atoms. The average molecular weight is 392 g/mol. The average Bonchev–Trinajstić information content (AvgIpc) is 2.41. The number of hydrogen-bond donors (Lipinski definition) is 3. The fraction of sp³-hybridized carbons (Fsp3) is 0.333. The molecule has 1 aromatic rings. The van der Waals surface area contributed by atoms with Gasteiger partial charge < -0.3 is 15.7 Å². The first kappa shape index (κ1) is 14.6. The number of carboxylic acids is 1. The van der Waals surface area contributed by atoms with E-state index in [0.29, 0.717) is 11.4 Å². The number of benzene rings is 1. The number of halogens is 1. The van der Waals surface area contributed by atoms with Crippen LogP contribution in [0.15, 0.2) is 18.2 Å². The summed E-state index contributed by atoms with van der Waals surface area (Å²) in [6.45, 7) is 0.793. The van der Waals surface area contributed by atoms with Crippen molar-refractivity contribution >= 4 is 51.9 Å². The largest absolute Gasteiger partial charge is 0.478 e. The first-order valence-corrected chi connectivity index (χ1v) is 7.96. The summed E-state index contributed by atoms with van der Waals surface area (Å²) < 4.78 is 0.819. The first-order valence-electron chi connectivity index (χ1n) is 5.73. The number of aromatic carboxylic acids is 1. The third kappa shape index (κ3) is 3.83. The van der Waals surface area contributed by atoms with Crippen LogP contribution >= 0.6 is 34.4 Å². The number of carbonyl (C=O) groups excluding carboxylic acids is 1. The van der Waals surface area contributed by atoms with E-state index >= 15 is 0 Å². The maximum atomic E-state index is 12.0. The van der Waals surface area contributed by atoms with Crippen LogP contribution in [0.4, 0.5) is 5.69 Å². The van der Waals surface area contributed by atoms with Gasteiger partial charge in [0.1, 0.15) is 0 Å². The lowest BCUT2D eigenvalue weighted by molar-refractivity contribution is -0.117. The molecule has 1 amide bonds. The van der Waals surface area contributed by atoms with Crippen molar-refractivity contribution in [3.05, 3.63) is 27.3 Å². The number of carboxylic acid groups (broad SMARTS) is 1. The quantitative estimate of drug-likeness (QED) is 0.682. The summed E-state index contributed by atoms with van der Waals surface area (Å²) in [5, 5.41) is 14.9. The molecule has 19 heavy (non-hydrogen) atoms. The third-order valence-corrected chi connectivity index (χ3v) is 4.44. The Morgan fingerprint density at radius 1 is 1.47 bits per heavy atom. The van der Waals surface area contributed by atoms with Gasteiger partial charge >= 0.3 is 5.97 Å². The molecule has 0 spiro atoms. The van der Waals surface area contributed by atoms with Gasteiger partial charge in [0, 0.05) is 21.6 Å². The van der Waals surface area contributed by atoms with Gasteiger partial charge in [-0.1, -0.05) is 0 Å². The summed E-state index contributed by atoms with van der Waals surface area (Å²) in [5.74, 6) is 0.474. The molecular formula is C12H13IN2O3S. The van der Waals surface area contributed by atoms with Crippen LogP contribution in [0.5, 0.6) is 0 Å². The van der Waals surface area contributed by atoms with Gasteiger partial charge in [0.25, 0.3) is 0 Å². The van der Waals surface area contributed by atoms with Gasteiger partial charge in [-0.3, -0.25) is 4.79 Å². The highest BCUT2D eigenvalue weighted by molar-refractivity contribution is 14.1. The van der Waals surface area contributed by atoms with E-state index in [-0.39, 0.29) is 17.5 Å². The first-order chi connectivity index (χ1) is 9.08. The molecule has 0 aromatic heterocycles. The molecule has 7 heteroatoms. The predicted molar refractivity (Wildman–Crippen MR) is 83.9 cm³/mol. The summed E-state index contributed by atoms with van der Waals surface area (Å²) in [4.78, 5) is 23.2. The lowest BCUT2D eigenvalue weighted by Gasteiger charge is -2.22. The van der Waals surface area contributed by atoms with E-state index in [1.807, 2.05) is 22.6 Å². The Balaban J connectivity index is 2.13. The molecule has 2 rings (SSSR count). The molecular weight excluding hydrogens is 379 g/mol. The zero-order chi connectivity index (χ0) is 13.8. The molecule has 1 aromatic carbocycles. The predicted octanol–water partition coefficient (Wildman–Crippen LogP) is 1.63. The van der Waals surface area contributed by atoms with Crippen LogP contribution in [-0.2, 0) is 4.79 Å². The van der Waals surface area contributed by atoms with Gasteiger partial charge in [0.15, 0.2) is 0 Å². The Hall–Kier alpha value is -0.800. The van der Waals surface area contributed by atoms with Crippen molar-refractivity contribution in [3.63, 3.8) is 0 Å². The Labute approximate surface area is 128 Å². The molecule has 0 saturated carbocycles. The Morgan fingerprint density at radius 3 is 2.89 bits per heavy atom. The second kappa shape index (κ2) is 6.58. The number of anilines is 1. The van der Waals surface area contributed by atoms with Crippen LogP contribution in [0.2, 0.25) is 0 Å². The van der Waals surface area contributed by atoms with Crippen molar-refractivity contribution in [2.75, 3.05) is 23.4 Å². The van der Waals surface area contributed by atoms with Gasteiger partial charge in [-0.05, 0) is 40.8 Å². The second-order valence-electron chi connectivity index (χ2n) is 4.07. The van der Waals surface area contributed by atoms with E-state index in [1.54, 1.807) is 30.0 Å². The zero-order valence-electron chi connectivity index (χ0n) is 9.98. The molecule has 1 heterocycles. The SMILES string of the molecule is O=C(O)c1cc(I)ccc1NC(=O)C1CSCCN1. The monoisotopic (exact) mass is 392 g/mol. The van der Waals surface area contributed by atoms with Crippen molar-refractivity contribution < 1.29 is 14.7 Å². The number of carbonyl (C=O) groups is 2. The number of rotatable bonds is 3. The molecule has 1 fully saturated rings. The summed E-state index contributed by atoms with van der Waals surface area (Å²) in [7, 11) is 0. The van der Waals surface area contributed by atoms with Gasteiger partial charge in [0.2, 0.25) is 5.91 Å². The number of thioether (sulfide) groups is 1.